The molecular weight excluding hydrogens is 268 g/mol. The average Bonchev–Trinajstić information content (AvgIpc) is 2.53. The number of ether oxygens (including phenoxy) is 3. The van der Waals surface area contributed by atoms with Gasteiger partial charge in [-0.3, -0.25) is 0 Å². The lowest BCUT2D eigenvalue weighted by Gasteiger charge is -2.19. The van der Waals surface area contributed by atoms with Crippen molar-refractivity contribution in [3.63, 3.8) is 0 Å². The highest BCUT2D eigenvalue weighted by Gasteiger charge is 2.20. The second-order valence-electron chi connectivity index (χ2n) is 4.71. The largest absolute Gasteiger partial charge is 0.496 e. The molecule has 1 atom stereocenters. The van der Waals surface area contributed by atoms with Gasteiger partial charge in [0.05, 0.1) is 21.3 Å². The molecule has 0 aliphatic rings. The van der Waals surface area contributed by atoms with Gasteiger partial charge in [-0.2, -0.15) is 0 Å². The van der Waals surface area contributed by atoms with E-state index in [4.69, 9.17) is 14.2 Å². The Morgan fingerprint density at radius 1 is 0.810 bits per heavy atom. The molecule has 2 rings (SSSR count). The minimum absolute atomic E-state index is 0.556. The molecule has 0 fully saturated rings. The van der Waals surface area contributed by atoms with Crippen LogP contribution in [0.15, 0.2) is 36.4 Å². The Labute approximate surface area is 124 Å². The molecule has 0 amide bonds. The average molecular weight is 288 g/mol. The lowest BCUT2D eigenvalue weighted by atomic mass is 9.96. The van der Waals surface area contributed by atoms with Crippen molar-refractivity contribution in [3.8, 4) is 17.2 Å². The third-order valence-electron chi connectivity index (χ3n) is 3.51. The highest BCUT2D eigenvalue weighted by molar-refractivity contribution is 5.53. The standard InChI is InChI=1S/C17H20O4/c1-11-7-5-6-8-12(11)17(18)13-9-15(20-3)16(21-4)10-14(13)19-2/h5-10,17-18H,1-4H3. The van der Waals surface area contributed by atoms with E-state index in [9.17, 15) is 5.11 Å². The summed E-state index contributed by atoms with van der Waals surface area (Å²) in [5.74, 6) is 1.68. The molecule has 4 nitrogen and oxygen atoms in total. The predicted molar refractivity (Wildman–Crippen MR) is 81.3 cm³/mol. The Morgan fingerprint density at radius 3 is 1.95 bits per heavy atom. The molecule has 112 valence electrons. The van der Waals surface area contributed by atoms with Crippen LogP contribution >= 0.6 is 0 Å². The fourth-order valence-corrected chi connectivity index (χ4v) is 2.33. The van der Waals surface area contributed by atoms with Crippen LogP contribution in [0.1, 0.15) is 22.8 Å². The quantitative estimate of drug-likeness (QED) is 0.918. The zero-order valence-electron chi connectivity index (χ0n) is 12.7. The van der Waals surface area contributed by atoms with Gasteiger partial charge in [-0.25, -0.2) is 0 Å². The maximum Gasteiger partial charge on any atom is 0.164 e. The minimum Gasteiger partial charge on any atom is -0.496 e. The summed E-state index contributed by atoms with van der Waals surface area (Å²) >= 11 is 0. The van der Waals surface area contributed by atoms with Crippen LogP contribution in [0.2, 0.25) is 0 Å². The van der Waals surface area contributed by atoms with Gasteiger partial charge in [0.1, 0.15) is 11.9 Å². The van der Waals surface area contributed by atoms with Crippen molar-refractivity contribution in [2.45, 2.75) is 13.0 Å². The lowest BCUT2D eigenvalue weighted by Crippen LogP contribution is -2.05. The number of aliphatic hydroxyl groups is 1. The van der Waals surface area contributed by atoms with Crippen LogP contribution in [-0.4, -0.2) is 26.4 Å². The van der Waals surface area contributed by atoms with E-state index in [0.717, 1.165) is 11.1 Å². The number of aliphatic hydroxyl groups excluding tert-OH is 1. The third-order valence-corrected chi connectivity index (χ3v) is 3.51. The van der Waals surface area contributed by atoms with Crippen LogP contribution in [0.3, 0.4) is 0 Å². The summed E-state index contributed by atoms with van der Waals surface area (Å²) in [7, 11) is 4.69. The molecule has 1 unspecified atom stereocenters. The molecule has 0 saturated heterocycles. The van der Waals surface area contributed by atoms with Gasteiger partial charge in [-0.1, -0.05) is 24.3 Å². The maximum absolute atomic E-state index is 10.7. The van der Waals surface area contributed by atoms with Crippen LogP contribution in [0.5, 0.6) is 17.2 Å². The Kier molecular flexibility index (Phi) is 4.70. The first-order chi connectivity index (χ1) is 10.1. The van der Waals surface area contributed by atoms with Gasteiger partial charge >= 0.3 is 0 Å². The Morgan fingerprint density at radius 2 is 1.38 bits per heavy atom. The van der Waals surface area contributed by atoms with Gasteiger partial charge in [0.25, 0.3) is 0 Å². The van der Waals surface area contributed by atoms with E-state index < -0.39 is 6.10 Å². The fourth-order valence-electron chi connectivity index (χ4n) is 2.33. The minimum atomic E-state index is -0.791. The number of aryl methyl sites for hydroxylation is 1. The summed E-state index contributed by atoms with van der Waals surface area (Å²) in [5, 5.41) is 10.7. The molecule has 1 N–H and O–H groups in total. The highest BCUT2D eigenvalue weighted by atomic mass is 16.5. The zero-order chi connectivity index (χ0) is 15.4. The molecular formula is C17H20O4. The van der Waals surface area contributed by atoms with E-state index in [1.54, 1.807) is 33.5 Å². The van der Waals surface area contributed by atoms with Gasteiger partial charge in [0, 0.05) is 11.6 Å². The monoisotopic (exact) mass is 288 g/mol. The number of benzene rings is 2. The van der Waals surface area contributed by atoms with Crippen molar-refractivity contribution in [2.24, 2.45) is 0 Å². The predicted octanol–water partition coefficient (Wildman–Crippen LogP) is 3.10. The number of hydrogen-bond acceptors (Lipinski definition) is 4. The van der Waals surface area contributed by atoms with E-state index in [2.05, 4.69) is 0 Å². The van der Waals surface area contributed by atoms with Crippen molar-refractivity contribution in [2.75, 3.05) is 21.3 Å². The smallest absolute Gasteiger partial charge is 0.164 e. The lowest BCUT2D eigenvalue weighted by molar-refractivity contribution is 0.213. The molecule has 0 radical (unpaired) electrons. The molecule has 0 bridgehead atoms. The van der Waals surface area contributed by atoms with Crippen molar-refractivity contribution in [1.29, 1.82) is 0 Å². The topological polar surface area (TPSA) is 47.9 Å². The van der Waals surface area contributed by atoms with E-state index in [0.29, 0.717) is 22.8 Å². The van der Waals surface area contributed by atoms with Crippen LogP contribution in [0, 0.1) is 6.92 Å². The van der Waals surface area contributed by atoms with E-state index >= 15 is 0 Å². The van der Waals surface area contributed by atoms with Gasteiger partial charge in [-0.05, 0) is 24.1 Å². The number of rotatable bonds is 5. The van der Waals surface area contributed by atoms with Gasteiger partial charge in [0.2, 0.25) is 0 Å². The summed E-state index contributed by atoms with van der Waals surface area (Å²) in [4.78, 5) is 0. The molecule has 2 aromatic rings. The maximum atomic E-state index is 10.7. The van der Waals surface area contributed by atoms with E-state index in [1.165, 1.54) is 0 Å². The molecule has 0 heterocycles. The SMILES string of the molecule is COc1cc(OC)c(C(O)c2ccccc2C)cc1OC. The summed E-state index contributed by atoms with van der Waals surface area (Å²) in [6.07, 6.45) is -0.791. The van der Waals surface area contributed by atoms with Gasteiger partial charge < -0.3 is 19.3 Å². The Hall–Kier alpha value is -2.20. The summed E-state index contributed by atoms with van der Waals surface area (Å²) in [6, 6.07) is 11.2. The van der Waals surface area contributed by atoms with E-state index in [1.807, 2.05) is 31.2 Å². The van der Waals surface area contributed by atoms with Crippen molar-refractivity contribution >= 4 is 0 Å². The van der Waals surface area contributed by atoms with Crippen LogP contribution in [0.25, 0.3) is 0 Å². The van der Waals surface area contributed by atoms with E-state index in [-0.39, 0.29) is 0 Å². The Balaban J connectivity index is 2.54. The van der Waals surface area contributed by atoms with Crippen molar-refractivity contribution in [1.82, 2.24) is 0 Å². The number of hydrogen-bond donors (Lipinski definition) is 1. The van der Waals surface area contributed by atoms with Crippen LogP contribution in [0.4, 0.5) is 0 Å². The first-order valence-corrected chi connectivity index (χ1v) is 6.65. The van der Waals surface area contributed by atoms with Crippen LogP contribution in [-0.2, 0) is 0 Å². The molecule has 0 aliphatic carbocycles. The molecule has 0 aromatic heterocycles. The van der Waals surface area contributed by atoms with Gasteiger partial charge in [0.15, 0.2) is 11.5 Å². The molecule has 0 aliphatic heterocycles. The second kappa shape index (κ2) is 6.50. The number of methoxy groups -OCH3 is 3. The van der Waals surface area contributed by atoms with Crippen molar-refractivity contribution in [3.05, 3.63) is 53.1 Å². The fraction of sp³-hybridized carbons (Fsp3) is 0.294. The third kappa shape index (κ3) is 2.95. The summed E-state index contributed by atoms with van der Waals surface area (Å²) < 4.78 is 15.9. The first-order valence-electron chi connectivity index (χ1n) is 6.65. The molecule has 2 aromatic carbocycles. The molecule has 21 heavy (non-hydrogen) atoms. The van der Waals surface area contributed by atoms with Gasteiger partial charge in [-0.15, -0.1) is 0 Å². The molecule has 0 spiro atoms. The Bertz CT molecular complexity index is 622. The molecule has 4 heteroatoms. The molecule has 0 saturated carbocycles. The van der Waals surface area contributed by atoms with Crippen LogP contribution < -0.4 is 14.2 Å². The summed E-state index contributed by atoms with van der Waals surface area (Å²) in [6.45, 7) is 1.96. The first kappa shape index (κ1) is 15.2. The zero-order valence-corrected chi connectivity index (χ0v) is 12.7. The summed E-state index contributed by atoms with van der Waals surface area (Å²) in [5.41, 5.74) is 2.49. The second-order valence-corrected chi connectivity index (χ2v) is 4.71. The normalized spacial score (nSPS) is 11.9. The highest BCUT2D eigenvalue weighted by Crippen LogP contribution is 2.39. The van der Waals surface area contributed by atoms with Crippen molar-refractivity contribution < 1.29 is 19.3 Å².